The normalized spacial score (nSPS) is 24.5. The van der Waals surface area contributed by atoms with E-state index in [1.807, 2.05) is 17.4 Å². The smallest absolute Gasteiger partial charge is 0.136 e. The fraction of sp³-hybridized carbons (Fsp3) is 0.474. The third-order valence-electron chi connectivity index (χ3n) is 5.23. The first kappa shape index (κ1) is 14.3. The van der Waals surface area contributed by atoms with Crippen molar-refractivity contribution in [2.24, 2.45) is 17.6 Å². The maximum Gasteiger partial charge on any atom is 0.136 e. The van der Waals surface area contributed by atoms with Gasteiger partial charge >= 0.3 is 0 Å². The van der Waals surface area contributed by atoms with Crippen LogP contribution >= 0.6 is 11.3 Å². The van der Waals surface area contributed by atoms with Crippen molar-refractivity contribution in [2.45, 2.75) is 38.6 Å². The number of methoxy groups -OCH3 is 1. The summed E-state index contributed by atoms with van der Waals surface area (Å²) in [5, 5.41) is 1.28. The first-order valence-corrected chi connectivity index (χ1v) is 8.91. The molecule has 0 aliphatic heterocycles. The summed E-state index contributed by atoms with van der Waals surface area (Å²) in [4.78, 5) is 1.40. The Labute approximate surface area is 136 Å². The first-order chi connectivity index (χ1) is 10.5. The van der Waals surface area contributed by atoms with Crippen LogP contribution in [0, 0.1) is 11.8 Å². The van der Waals surface area contributed by atoms with Crippen molar-refractivity contribution in [3.8, 4) is 5.75 Å². The minimum Gasteiger partial charge on any atom is -0.495 e. The lowest BCUT2D eigenvalue weighted by Crippen LogP contribution is -2.37. The molecule has 2 aliphatic carbocycles. The summed E-state index contributed by atoms with van der Waals surface area (Å²) in [6.45, 7) is 4.33. The molecule has 2 atom stereocenters. The third kappa shape index (κ3) is 2.03. The third-order valence-corrected chi connectivity index (χ3v) is 6.43. The van der Waals surface area contributed by atoms with Gasteiger partial charge in [-0.3, -0.25) is 0 Å². The van der Waals surface area contributed by atoms with Crippen LogP contribution < -0.4 is 10.5 Å². The summed E-state index contributed by atoms with van der Waals surface area (Å²) in [5.41, 5.74) is 9.37. The second-order valence-electron chi connectivity index (χ2n) is 7.25. The van der Waals surface area contributed by atoms with Gasteiger partial charge in [0.1, 0.15) is 5.75 Å². The van der Waals surface area contributed by atoms with Gasteiger partial charge in [-0.1, -0.05) is 12.1 Å². The van der Waals surface area contributed by atoms with Gasteiger partial charge < -0.3 is 10.5 Å². The number of hydrogen-bond acceptors (Lipinski definition) is 3. The Balaban J connectivity index is 1.92. The topological polar surface area (TPSA) is 35.2 Å². The number of rotatable bonds is 3. The van der Waals surface area contributed by atoms with Gasteiger partial charge in [-0.05, 0) is 73.6 Å². The lowest BCUT2D eigenvalue weighted by molar-refractivity contribution is 0.420. The molecule has 1 saturated carbocycles. The average Bonchev–Trinajstić information content (AvgIpc) is 3.17. The lowest BCUT2D eigenvalue weighted by atomic mass is 9.80. The number of thiophene rings is 1. The van der Waals surface area contributed by atoms with Gasteiger partial charge in [0.05, 0.1) is 11.8 Å². The molecule has 3 heteroatoms. The molecule has 2 nitrogen and oxygen atoms in total. The number of ether oxygens (including phenoxy) is 1. The van der Waals surface area contributed by atoms with E-state index in [0.29, 0.717) is 11.8 Å². The van der Waals surface area contributed by atoms with Crippen molar-refractivity contribution in [3.63, 3.8) is 0 Å². The highest BCUT2D eigenvalue weighted by molar-refractivity contribution is 7.20. The monoisotopic (exact) mass is 313 g/mol. The fourth-order valence-electron chi connectivity index (χ4n) is 4.48. The highest BCUT2D eigenvalue weighted by atomic mass is 32.1. The predicted molar refractivity (Wildman–Crippen MR) is 94.4 cm³/mol. The summed E-state index contributed by atoms with van der Waals surface area (Å²) in [6, 6.07) is 8.63. The van der Waals surface area contributed by atoms with Crippen LogP contribution in [-0.4, -0.2) is 12.6 Å². The van der Waals surface area contributed by atoms with Gasteiger partial charge in [0.2, 0.25) is 0 Å². The quantitative estimate of drug-likeness (QED) is 0.880. The van der Waals surface area contributed by atoms with E-state index < -0.39 is 0 Å². The Morgan fingerprint density at radius 3 is 2.73 bits per heavy atom. The van der Waals surface area contributed by atoms with E-state index in [9.17, 15) is 0 Å². The van der Waals surface area contributed by atoms with Crippen LogP contribution in [0.5, 0.6) is 5.75 Å². The van der Waals surface area contributed by atoms with E-state index in [1.54, 1.807) is 12.7 Å². The number of nitrogens with two attached hydrogens (primary N) is 1. The molecule has 1 aromatic carbocycles. The first-order valence-electron chi connectivity index (χ1n) is 8.09. The fourth-order valence-corrected chi connectivity index (χ4v) is 5.77. The van der Waals surface area contributed by atoms with E-state index in [2.05, 4.69) is 32.0 Å². The Bertz CT molecular complexity index is 765. The summed E-state index contributed by atoms with van der Waals surface area (Å²) in [5.74, 6) is 2.39. The van der Waals surface area contributed by atoms with Crippen molar-refractivity contribution in [2.75, 3.05) is 7.11 Å². The molecule has 2 aromatic rings. The molecule has 2 N–H and O–H groups in total. The van der Waals surface area contributed by atoms with Crippen LogP contribution in [-0.2, 0) is 0 Å². The van der Waals surface area contributed by atoms with Crippen molar-refractivity contribution in [1.82, 2.24) is 0 Å². The zero-order valence-corrected chi connectivity index (χ0v) is 14.3. The van der Waals surface area contributed by atoms with Gasteiger partial charge in [0, 0.05) is 10.4 Å². The van der Waals surface area contributed by atoms with Crippen molar-refractivity contribution >= 4 is 27.0 Å². The molecule has 1 aromatic heterocycles. The molecule has 1 heterocycles. The van der Waals surface area contributed by atoms with Crippen molar-refractivity contribution in [1.29, 1.82) is 0 Å². The highest BCUT2D eigenvalue weighted by Crippen LogP contribution is 2.56. The molecule has 22 heavy (non-hydrogen) atoms. The van der Waals surface area contributed by atoms with Crippen molar-refractivity contribution in [3.05, 3.63) is 34.7 Å². The van der Waals surface area contributed by atoms with E-state index in [-0.39, 0.29) is 5.54 Å². The second-order valence-corrected chi connectivity index (χ2v) is 8.30. The van der Waals surface area contributed by atoms with Gasteiger partial charge in [0.15, 0.2) is 0 Å². The van der Waals surface area contributed by atoms with Crippen LogP contribution in [0.25, 0.3) is 15.7 Å². The second kappa shape index (κ2) is 4.84. The van der Waals surface area contributed by atoms with Crippen LogP contribution in [0.2, 0.25) is 0 Å². The lowest BCUT2D eigenvalue weighted by Gasteiger charge is -2.30. The van der Waals surface area contributed by atoms with Crippen molar-refractivity contribution < 1.29 is 4.74 Å². The van der Waals surface area contributed by atoms with Crippen LogP contribution in [0.1, 0.15) is 38.0 Å². The number of hydrogen-bond donors (Lipinski definition) is 1. The summed E-state index contributed by atoms with van der Waals surface area (Å²) in [6.07, 6.45) is 3.94. The predicted octanol–water partition coefficient (Wildman–Crippen LogP) is 4.83. The molecule has 0 radical (unpaired) electrons. The molecule has 1 fully saturated rings. The largest absolute Gasteiger partial charge is 0.495 e. The van der Waals surface area contributed by atoms with E-state index in [0.717, 1.165) is 5.75 Å². The summed E-state index contributed by atoms with van der Waals surface area (Å²) < 4.78 is 6.78. The molecule has 2 aliphatic rings. The van der Waals surface area contributed by atoms with E-state index >= 15 is 0 Å². The van der Waals surface area contributed by atoms with Crippen LogP contribution in [0.15, 0.2) is 29.8 Å². The number of allylic oxidation sites excluding steroid dienone is 1. The molecule has 116 valence electrons. The molecular formula is C19H23NOS. The molecule has 4 rings (SSSR count). The van der Waals surface area contributed by atoms with Gasteiger partial charge in [-0.25, -0.2) is 0 Å². The maximum absolute atomic E-state index is 6.53. The SMILES string of the molecule is COc1cccc2cc(C3=C(C(C)(C)N)C4CCC3C4)sc12. The Morgan fingerprint density at radius 2 is 2.00 bits per heavy atom. The molecule has 0 amide bonds. The van der Waals surface area contributed by atoms with Gasteiger partial charge in [0.25, 0.3) is 0 Å². The van der Waals surface area contributed by atoms with E-state index in [1.165, 1.54) is 39.8 Å². The summed E-state index contributed by atoms with van der Waals surface area (Å²) in [7, 11) is 1.75. The Kier molecular flexibility index (Phi) is 3.14. The van der Waals surface area contributed by atoms with Crippen LogP contribution in [0.3, 0.4) is 0 Å². The molecule has 2 bridgehead atoms. The highest BCUT2D eigenvalue weighted by Gasteiger charge is 2.44. The average molecular weight is 313 g/mol. The van der Waals surface area contributed by atoms with Gasteiger partial charge in [-0.2, -0.15) is 0 Å². The molecule has 0 spiro atoms. The zero-order chi connectivity index (χ0) is 15.5. The minimum atomic E-state index is -0.213. The zero-order valence-electron chi connectivity index (χ0n) is 13.5. The van der Waals surface area contributed by atoms with E-state index in [4.69, 9.17) is 10.5 Å². The number of fused-ring (bicyclic) bond motifs is 3. The summed E-state index contributed by atoms with van der Waals surface area (Å²) >= 11 is 1.87. The van der Waals surface area contributed by atoms with Crippen LogP contribution in [0.4, 0.5) is 0 Å². The molecular weight excluding hydrogens is 290 g/mol. The molecule has 0 saturated heterocycles. The standard InChI is InChI=1S/C19H23NOS/c1-19(2,20)17-12-8-7-11(9-12)16(17)15-10-13-5-4-6-14(21-3)18(13)22-15/h4-6,10-12H,7-9,20H2,1-3H3. The molecule has 2 unspecified atom stereocenters. The minimum absolute atomic E-state index is 0.213. The Hall–Kier alpha value is -1.32. The number of benzene rings is 1. The maximum atomic E-state index is 6.53. The van der Waals surface area contributed by atoms with Gasteiger partial charge in [-0.15, -0.1) is 11.3 Å². The Morgan fingerprint density at radius 1 is 1.23 bits per heavy atom.